The molecule has 3 rings (SSSR count). The minimum Gasteiger partial charge on any atom is -0.497 e. The normalized spacial score (nSPS) is 22.5. The molecule has 25 heavy (non-hydrogen) atoms. The number of carbonyl (C=O) groups is 2. The number of hydrogen-bond acceptors (Lipinski definition) is 5. The quantitative estimate of drug-likeness (QED) is 0.808. The van der Waals surface area contributed by atoms with Crippen LogP contribution in [0.3, 0.4) is 0 Å². The van der Waals surface area contributed by atoms with Gasteiger partial charge in [-0.15, -0.1) is 12.4 Å². The molecule has 2 N–H and O–H groups in total. The highest BCUT2D eigenvalue weighted by Gasteiger charge is 2.36. The monoisotopic (exact) mass is 369 g/mol. The summed E-state index contributed by atoms with van der Waals surface area (Å²) in [6.07, 6.45) is 1.16. The fourth-order valence-corrected chi connectivity index (χ4v) is 3.18. The van der Waals surface area contributed by atoms with Crippen molar-refractivity contribution >= 4 is 29.9 Å². The molecule has 0 bridgehead atoms. The second kappa shape index (κ2) is 8.40. The van der Waals surface area contributed by atoms with E-state index in [1.165, 1.54) is 0 Å². The molecule has 2 unspecified atom stereocenters. The van der Waals surface area contributed by atoms with Crippen molar-refractivity contribution in [3.05, 3.63) is 18.2 Å². The molecule has 2 amide bonds. The summed E-state index contributed by atoms with van der Waals surface area (Å²) >= 11 is 0. The van der Waals surface area contributed by atoms with Crippen LogP contribution < -0.4 is 25.0 Å². The van der Waals surface area contributed by atoms with Gasteiger partial charge in [0, 0.05) is 43.8 Å². The molecule has 0 aromatic heterocycles. The second-order valence-corrected chi connectivity index (χ2v) is 6.17. The molecule has 0 aliphatic carbocycles. The predicted molar refractivity (Wildman–Crippen MR) is 96.7 cm³/mol. The van der Waals surface area contributed by atoms with Gasteiger partial charge in [-0.2, -0.15) is 0 Å². The lowest BCUT2D eigenvalue weighted by Gasteiger charge is -2.19. The number of nitrogens with zero attached hydrogens (tertiary/aromatic N) is 1. The molecule has 1 aromatic carbocycles. The van der Waals surface area contributed by atoms with Crippen molar-refractivity contribution in [2.45, 2.75) is 18.9 Å². The Hall–Kier alpha value is -1.99. The van der Waals surface area contributed by atoms with Crippen LogP contribution in [0.5, 0.6) is 11.5 Å². The van der Waals surface area contributed by atoms with Crippen molar-refractivity contribution in [3.63, 3.8) is 0 Å². The third-order valence-corrected chi connectivity index (χ3v) is 4.55. The molecule has 2 saturated heterocycles. The first-order valence-corrected chi connectivity index (χ1v) is 8.15. The molecule has 1 aromatic rings. The number of hydrogen-bond donors (Lipinski definition) is 2. The number of rotatable bonds is 5. The number of nitrogens with one attached hydrogen (secondary N) is 2. The minimum absolute atomic E-state index is 0. The number of halogens is 1. The molecule has 2 atom stereocenters. The number of anilines is 1. The zero-order valence-electron chi connectivity index (χ0n) is 14.4. The number of benzene rings is 1. The Morgan fingerprint density at radius 1 is 1.24 bits per heavy atom. The van der Waals surface area contributed by atoms with Gasteiger partial charge in [0.05, 0.1) is 25.8 Å². The fourth-order valence-electron chi connectivity index (χ4n) is 3.18. The van der Waals surface area contributed by atoms with Gasteiger partial charge in [-0.1, -0.05) is 0 Å². The highest BCUT2D eigenvalue weighted by molar-refractivity contribution is 6.00. The van der Waals surface area contributed by atoms with E-state index in [2.05, 4.69) is 10.6 Å². The van der Waals surface area contributed by atoms with Gasteiger partial charge in [-0.05, 0) is 13.0 Å². The van der Waals surface area contributed by atoms with E-state index in [4.69, 9.17) is 9.47 Å². The lowest BCUT2D eigenvalue weighted by atomic mass is 10.1. The van der Waals surface area contributed by atoms with Crippen LogP contribution >= 0.6 is 12.4 Å². The van der Waals surface area contributed by atoms with Crippen molar-refractivity contribution < 1.29 is 19.1 Å². The highest BCUT2D eigenvalue weighted by atomic mass is 35.5. The van der Waals surface area contributed by atoms with Gasteiger partial charge < -0.3 is 25.0 Å². The number of ether oxygens (including phenoxy) is 2. The zero-order valence-corrected chi connectivity index (χ0v) is 15.2. The average Bonchev–Trinajstić information content (AvgIpc) is 3.23. The fraction of sp³-hybridized carbons (Fsp3) is 0.529. The average molecular weight is 370 g/mol. The predicted octanol–water partition coefficient (Wildman–Crippen LogP) is 0.957. The van der Waals surface area contributed by atoms with E-state index in [9.17, 15) is 9.59 Å². The molecule has 2 heterocycles. The topological polar surface area (TPSA) is 79.9 Å². The van der Waals surface area contributed by atoms with Gasteiger partial charge in [-0.3, -0.25) is 9.59 Å². The molecule has 2 aliphatic heterocycles. The third kappa shape index (κ3) is 4.35. The summed E-state index contributed by atoms with van der Waals surface area (Å²) in [5, 5.41) is 6.25. The number of amides is 2. The van der Waals surface area contributed by atoms with Crippen LogP contribution in [-0.4, -0.2) is 51.7 Å². The Kier molecular flexibility index (Phi) is 6.50. The Balaban J connectivity index is 0.00000225. The summed E-state index contributed by atoms with van der Waals surface area (Å²) < 4.78 is 10.5. The lowest BCUT2D eigenvalue weighted by Crippen LogP contribution is -2.40. The highest BCUT2D eigenvalue weighted by Crippen LogP contribution is 2.32. The second-order valence-electron chi connectivity index (χ2n) is 6.17. The Morgan fingerprint density at radius 3 is 2.48 bits per heavy atom. The zero-order chi connectivity index (χ0) is 17.1. The number of carbonyl (C=O) groups excluding carboxylic acids is 2. The molecule has 2 aliphatic rings. The summed E-state index contributed by atoms with van der Waals surface area (Å²) in [6.45, 7) is 2.09. The first-order valence-electron chi connectivity index (χ1n) is 8.15. The number of methoxy groups -OCH3 is 2. The largest absolute Gasteiger partial charge is 0.497 e. The Labute approximate surface area is 153 Å². The van der Waals surface area contributed by atoms with Crippen LogP contribution in [0.4, 0.5) is 5.69 Å². The van der Waals surface area contributed by atoms with Gasteiger partial charge >= 0.3 is 0 Å². The smallest absolute Gasteiger partial charge is 0.227 e. The summed E-state index contributed by atoms with van der Waals surface area (Å²) in [6, 6.07) is 5.48. The van der Waals surface area contributed by atoms with E-state index in [0.717, 1.165) is 19.5 Å². The van der Waals surface area contributed by atoms with Crippen LogP contribution in [0.25, 0.3) is 0 Å². The van der Waals surface area contributed by atoms with E-state index in [1.54, 1.807) is 37.3 Å². The van der Waals surface area contributed by atoms with Gasteiger partial charge in [0.1, 0.15) is 11.5 Å². The molecule has 0 spiro atoms. The minimum atomic E-state index is -0.324. The molecule has 7 nitrogen and oxygen atoms in total. The molecule has 2 fully saturated rings. The first-order chi connectivity index (χ1) is 11.6. The lowest BCUT2D eigenvalue weighted by molar-refractivity contribution is -0.126. The van der Waals surface area contributed by atoms with Gasteiger partial charge in [-0.25, -0.2) is 0 Å². The molecular weight excluding hydrogens is 346 g/mol. The van der Waals surface area contributed by atoms with E-state index < -0.39 is 0 Å². The molecule has 138 valence electrons. The van der Waals surface area contributed by atoms with Crippen molar-refractivity contribution in [1.29, 1.82) is 0 Å². The van der Waals surface area contributed by atoms with Gasteiger partial charge in [0.15, 0.2) is 0 Å². The van der Waals surface area contributed by atoms with Crippen LogP contribution in [0.1, 0.15) is 12.8 Å². The first kappa shape index (κ1) is 19.3. The van der Waals surface area contributed by atoms with Crippen molar-refractivity contribution in [1.82, 2.24) is 10.6 Å². The molecule has 0 radical (unpaired) electrons. The maximum absolute atomic E-state index is 12.4. The standard InChI is InChI=1S/C17H23N3O4.ClH/c1-23-14-6-13(7-15(8-14)24-2)20-10-11(5-16(20)21)17(22)19-12-3-4-18-9-12;/h6-8,11-12,18H,3-5,9-10H2,1-2H3,(H,19,22);1H. The SMILES string of the molecule is COc1cc(OC)cc(N2CC(C(=O)NC3CCNC3)CC2=O)c1.Cl. The van der Waals surface area contributed by atoms with E-state index >= 15 is 0 Å². The van der Waals surface area contributed by atoms with Crippen molar-refractivity contribution in [3.8, 4) is 11.5 Å². The maximum atomic E-state index is 12.4. The van der Waals surface area contributed by atoms with Crippen LogP contribution in [0.2, 0.25) is 0 Å². The van der Waals surface area contributed by atoms with Gasteiger partial charge in [0.25, 0.3) is 0 Å². The Bertz CT molecular complexity index is 612. The van der Waals surface area contributed by atoms with Crippen LogP contribution in [0.15, 0.2) is 18.2 Å². The van der Waals surface area contributed by atoms with Crippen molar-refractivity contribution in [2.24, 2.45) is 5.92 Å². The third-order valence-electron chi connectivity index (χ3n) is 4.55. The maximum Gasteiger partial charge on any atom is 0.227 e. The van der Waals surface area contributed by atoms with E-state index in [-0.39, 0.29) is 42.6 Å². The van der Waals surface area contributed by atoms with Crippen LogP contribution in [0, 0.1) is 5.92 Å². The Morgan fingerprint density at radius 2 is 1.92 bits per heavy atom. The van der Waals surface area contributed by atoms with Crippen molar-refractivity contribution in [2.75, 3.05) is 38.8 Å². The van der Waals surface area contributed by atoms with Gasteiger partial charge in [0.2, 0.25) is 11.8 Å². The summed E-state index contributed by atoms with van der Waals surface area (Å²) in [4.78, 5) is 26.4. The van der Waals surface area contributed by atoms with E-state index in [1.807, 2.05) is 0 Å². The summed E-state index contributed by atoms with van der Waals surface area (Å²) in [5.74, 6) is 0.795. The summed E-state index contributed by atoms with van der Waals surface area (Å²) in [5.41, 5.74) is 0.689. The molecular formula is C17H24ClN3O4. The summed E-state index contributed by atoms with van der Waals surface area (Å²) in [7, 11) is 3.13. The van der Waals surface area contributed by atoms with E-state index in [0.29, 0.717) is 23.7 Å². The van der Waals surface area contributed by atoms with Crippen LogP contribution in [-0.2, 0) is 9.59 Å². The molecule has 8 heteroatoms. The molecule has 0 saturated carbocycles.